The SMILES string of the molecule is O=C(/C=C/c1ccc2c(c1)CCO2)NCCCc1c[nH]c2ccccc12. The Hall–Kier alpha value is -3.01. The maximum Gasteiger partial charge on any atom is 0.243 e. The van der Waals surface area contributed by atoms with Gasteiger partial charge in [-0.05, 0) is 53.8 Å². The van der Waals surface area contributed by atoms with E-state index in [9.17, 15) is 4.79 Å². The molecule has 132 valence electrons. The van der Waals surface area contributed by atoms with E-state index in [1.807, 2.05) is 24.3 Å². The quantitative estimate of drug-likeness (QED) is 0.526. The van der Waals surface area contributed by atoms with E-state index < -0.39 is 0 Å². The Labute approximate surface area is 152 Å². The number of nitrogens with one attached hydrogen (secondary N) is 2. The molecular formula is C22H22N2O2. The number of carbonyl (C=O) groups is 1. The second kappa shape index (κ2) is 7.48. The zero-order chi connectivity index (χ0) is 17.8. The van der Waals surface area contributed by atoms with Crippen LogP contribution in [0, 0.1) is 0 Å². The highest BCUT2D eigenvalue weighted by atomic mass is 16.5. The maximum atomic E-state index is 12.0. The van der Waals surface area contributed by atoms with E-state index in [-0.39, 0.29) is 5.91 Å². The Bertz CT molecular complexity index is 956. The van der Waals surface area contributed by atoms with Gasteiger partial charge >= 0.3 is 0 Å². The van der Waals surface area contributed by atoms with Crippen LogP contribution in [0.15, 0.2) is 54.7 Å². The van der Waals surface area contributed by atoms with Gasteiger partial charge in [0.2, 0.25) is 5.91 Å². The van der Waals surface area contributed by atoms with Crippen molar-refractivity contribution in [3.63, 3.8) is 0 Å². The Morgan fingerprint density at radius 2 is 2.15 bits per heavy atom. The first-order valence-corrected chi connectivity index (χ1v) is 9.06. The molecule has 0 spiro atoms. The molecule has 2 heterocycles. The number of aromatic amines is 1. The van der Waals surface area contributed by atoms with E-state index in [1.165, 1.54) is 16.5 Å². The Kier molecular flexibility index (Phi) is 4.73. The lowest BCUT2D eigenvalue weighted by Crippen LogP contribution is -2.22. The first-order valence-electron chi connectivity index (χ1n) is 9.06. The van der Waals surface area contributed by atoms with Crippen molar-refractivity contribution in [1.82, 2.24) is 10.3 Å². The average Bonchev–Trinajstić information content (AvgIpc) is 3.30. The molecule has 0 bridgehead atoms. The van der Waals surface area contributed by atoms with Crippen molar-refractivity contribution in [1.29, 1.82) is 0 Å². The van der Waals surface area contributed by atoms with E-state index in [0.717, 1.165) is 42.7 Å². The molecule has 0 saturated carbocycles. The fourth-order valence-corrected chi connectivity index (χ4v) is 3.37. The lowest BCUT2D eigenvalue weighted by molar-refractivity contribution is -0.116. The highest BCUT2D eigenvalue weighted by Crippen LogP contribution is 2.26. The van der Waals surface area contributed by atoms with Gasteiger partial charge in [-0.1, -0.05) is 24.3 Å². The minimum atomic E-state index is -0.0549. The highest BCUT2D eigenvalue weighted by molar-refractivity contribution is 5.91. The fourth-order valence-electron chi connectivity index (χ4n) is 3.37. The smallest absolute Gasteiger partial charge is 0.243 e. The molecule has 2 aromatic carbocycles. The van der Waals surface area contributed by atoms with Crippen molar-refractivity contribution in [3.8, 4) is 5.75 Å². The normalized spacial score (nSPS) is 13.1. The first-order chi connectivity index (χ1) is 12.8. The van der Waals surface area contributed by atoms with Crippen LogP contribution >= 0.6 is 0 Å². The number of carbonyl (C=O) groups excluding carboxylic acids is 1. The minimum Gasteiger partial charge on any atom is -0.493 e. The van der Waals surface area contributed by atoms with E-state index in [2.05, 4.69) is 40.8 Å². The summed E-state index contributed by atoms with van der Waals surface area (Å²) in [7, 11) is 0. The van der Waals surface area contributed by atoms with Crippen LogP contribution in [0.4, 0.5) is 0 Å². The summed E-state index contributed by atoms with van der Waals surface area (Å²) in [5.41, 5.74) is 4.70. The van der Waals surface area contributed by atoms with Gasteiger partial charge < -0.3 is 15.0 Å². The monoisotopic (exact) mass is 346 g/mol. The van der Waals surface area contributed by atoms with Crippen molar-refractivity contribution in [2.24, 2.45) is 0 Å². The number of fused-ring (bicyclic) bond motifs is 2. The molecule has 3 aromatic rings. The lowest BCUT2D eigenvalue weighted by atomic mass is 10.1. The van der Waals surface area contributed by atoms with Crippen molar-refractivity contribution in [2.45, 2.75) is 19.3 Å². The van der Waals surface area contributed by atoms with Gasteiger partial charge in [-0.3, -0.25) is 4.79 Å². The van der Waals surface area contributed by atoms with E-state index in [4.69, 9.17) is 4.74 Å². The second-order valence-electron chi connectivity index (χ2n) is 6.55. The van der Waals surface area contributed by atoms with Crippen LogP contribution in [-0.2, 0) is 17.6 Å². The number of H-pyrrole nitrogens is 1. The standard InChI is InChI=1S/C22H22N2O2/c25-22(10-8-16-7-9-21-17(14-16)11-13-26-21)23-12-3-4-18-15-24-20-6-2-1-5-19(18)20/h1-2,5-10,14-15,24H,3-4,11-13H2,(H,23,25)/b10-8+. The van der Waals surface area contributed by atoms with Crippen LogP contribution in [0.25, 0.3) is 17.0 Å². The van der Waals surface area contributed by atoms with E-state index >= 15 is 0 Å². The largest absolute Gasteiger partial charge is 0.493 e. The van der Waals surface area contributed by atoms with Crippen LogP contribution in [0.1, 0.15) is 23.1 Å². The molecule has 0 atom stereocenters. The summed E-state index contributed by atoms with van der Waals surface area (Å²) in [6, 6.07) is 14.3. The summed E-state index contributed by atoms with van der Waals surface area (Å²) in [6.07, 6.45) is 8.31. The van der Waals surface area contributed by atoms with Gasteiger partial charge in [-0.15, -0.1) is 0 Å². The number of para-hydroxylation sites is 1. The van der Waals surface area contributed by atoms with Crippen molar-refractivity contribution in [2.75, 3.05) is 13.2 Å². The molecule has 1 amide bonds. The van der Waals surface area contributed by atoms with Crippen LogP contribution in [0.5, 0.6) is 5.75 Å². The molecule has 0 fully saturated rings. The summed E-state index contributed by atoms with van der Waals surface area (Å²) in [5, 5.41) is 4.22. The molecule has 0 radical (unpaired) electrons. The number of hydrogen-bond donors (Lipinski definition) is 2. The van der Waals surface area contributed by atoms with Crippen molar-refractivity contribution < 1.29 is 9.53 Å². The van der Waals surface area contributed by atoms with Crippen LogP contribution in [0.3, 0.4) is 0 Å². The van der Waals surface area contributed by atoms with Gasteiger partial charge in [0.05, 0.1) is 6.61 Å². The average molecular weight is 346 g/mol. The number of amides is 1. The molecule has 0 saturated heterocycles. The van der Waals surface area contributed by atoms with Gasteiger partial charge in [-0.25, -0.2) is 0 Å². The zero-order valence-electron chi connectivity index (χ0n) is 14.6. The van der Waals surface area contributed by atoms with E-state index in [0.29, 0.717) is 6.54 Å². The third-order valence-electron chi connectivity index (χ3n) is 4.74. The molecule has 1 aliphatic heterocycles. The molecule has 1 aromatic heterocycles. The predicted octanol–water partition coefficient (Wildman–Crippen LogP) is 3.87. The van der Waals surface area contributed by atoms with Crippen molar-refractivity contribution in [3.05, 3.63) is 71.4 Å². The molecule has 2 N–H and O–H groups in total. The number of benzene rings is 2. The van der Waals surface area contributed by atoms with Crippen molar-refractivity contribution >= 4 is 22.9 Å². The Morgan fingerprint density at radius 3 is 3.12 bits per heavy atom. The number of aromatic nitrogens is 1. The Balaban J connectivity index is 1.25. The number of rotatable bonds is 6. The summed E-state index contributed by atoms with van der Waals surface area (Å²) in [6.45, 7) is 1.42. The summed E-state index contributed by atoms with van der Waals surface area (Å²) >= 11 is 0. The van der Waals surface area contributed by atoms with Crippen LogP contribution in [-0.4, -0.2) is 24.0 Å². The molecule has 4 rings (SSSR count). The molecule has 4 heteroatoms. The third-order valence-corrected chi connectivity index (χ3v) is 4.74. The predicted molar refractivity (Wildman–Crippen MR) is 104 cm³/mol. The number of aryl methyl sites for hydroxylation is 1. The molecule has 4 nitrogen and oxygen atoms in total. The lowest BCUT2D eigenvalue weighted by Gasteiger charge is -2.03. The zero-order valence-corrected chi connectivity index (χ0v) is 14.6. The third kappa shape index (κ3) is 3.64. The van der Waals surface area contributed by atoms with Gasteiger partial charge in [0.25, 0.3) is 0 Å². The van der Waals surface area contributed by atoms with Gasteiger partial charge in [0.1, 0.15) is 5.75 Å². The topological polar surface area (TPSA) is 54.1 Å². The summed E-state index contributed by atoms with van der Waals surface area (Å²) in [5.74, 6) is 0.907. The van der Waals surface area contributed by atoms with Crippen LogP contribution < -0.4 is 10.1 Å². The minimum absolute atomic E-state index is 0.0549. The van der Waals surface area contributed by atoms with Gasteiger partial charge in [0.15, 0.2) is 0 Å². The van der Waals surface area contributed by atoms with Gasteiger partial charge in [-0.2, -0.15) is 0 Å². The molecule has 0 unspecified atom stereocenters. The summed E-state index contributed by atoms with van der Waals surface area (Å²) < 4.78 is 5.50. The number of hydrogen-bond acceptors (Lipinski definition) is 2. The fraction of sp³-hybridized carbons (Fsp3) is 0.227. The molecule has 0 aliphatic carbocycles. The number of ether oxygens (including phenoxy) is 1. The summed E-state index contributed by atoms with van der Waals surface area (Å²) in [4.78, 5) is 15.3. The second-order valence-corrected chi connectivity index (χ2v) is 6.55. The first kappa shape index (κ1) is 16.5. The molecular weight excluding hydrogens is 324 g/mol. The highest BCUT2D eigenvalue weighted by Gasteiger charge is 2.11. The molecule has 1 aliphatic rings. The van der Waals surface area contributed by atoms with E-state index in [1.54, 1.807) is 6.08 Å². The molecule has 26 heavy (non-hydrogen) atoms. The Morgan fingerprint density at radius 1 is 1.23 bits per heavy atom. The van der Waals surface area contributed by atoms with Crippen LogP contribution in [0.2, 0.25) is 0 Å². The van der Waals surface area contributed by atoms with Gasteiger partial charge in [0, 0.05) is 36.1 Å². The maximum absolute atomic E-state index is 12.0.